The standard InChI is InChI=1S/C28H32F3N3O3/c1-3-32(4-2)16-17-33(26(35)18-25-24-6-5-15-34(24)27(36)37-25)19-20-7-9-21(10-8-20)22-11-13-23(14-12-22)28(29,30)31/h7-14,18,24H,3-6,15-17,19H2,1-2H3. The molecule has 1 unspecified atom stereocenters. The van der Waals surface area contributed by atoms with Crippen molar-refractivity contribution >= 4 is 12.0 Å². The third-order valence-electron chi connectivity index (χ3n) is 7.05. The molecular formula is C28H32F3N3O3. The molecule has 37 heavy (non-hydrogen) atoms. The van der Waals surface area contributed by atoms with E-state index < -0.39 is 17.8 Å². The highest BCUT2D eigenvalue weighted by Gasteiger charge is 2.41. The molecule has 2 fully saturated rings. The van der Waals surface area contributed by atoms with Gasteiger partial charge in [-0.15, -0.1) is 0 Å². The molecule has 198 valence electrons. The lowest BCUT2D eigenvalue weighted by Crippen LogP contribution is -2.38. The molecule has 0 aromatic heterocycles. The van der Waals surface area contributed by atoms with Crippen molar-refractivity contribution < 1.29 is 27.5 Å². The highest BCUT2D eigenvalue weighted by Crippen LogP contribution is 2.32. The summed E-state index contributed by atoms with van der Waals surface area (Å²) < 4.78 is 44.0. The zero-order chi connectivity index (χ0) is 26.6. The van der Waals surface area contributed by atoms with Gasteiger partial charge in [-0.05, 0) is 54.8 Å². The molecule has 2 heterocycles. The minimum Gasteiger partial charge on any atom is -0.412 e. The molecule has 2 saturated heterocycles. The molecule has 9 heteroatoms. The summed E-state index contributed by atoms with van der Waals surface area (Å²) in [6.45, 7) is 8.11. The van der Waals surface area contributed by atoms with Crippen LogP contribution < -0.4 is 0 Å². The SMILES string of the molecule is CCN(CC)CCN(Cc1ccc(-c2ccc(C(F)(F)F)cc2)cc1)C(=O)C=C1OC(=O)N2CCCC12. The van der Waals surface area contributed by atoms with Crippen LogP contribution in [0.3, 0.4) is 0 Å². The number of carbonyl (C=O) groups is 2. The number of halogens is 3. The molecule has 2 aliphatic heterocycles. The Labute approximate surface area is 215 Å². The predicted molar refractivity (Wildman–Crippen MR) is 134 cm³/mol. The average molecular weight is 516 g/mol. The zero-order valence-corrected chi connectivity index (χ0v) is 21.1. The molecule has 6 nitrogen and oxygen atoms in total. The second-order valence-corrected chi connectivity index (χ2v) is 9.32. The normalized spacial score (nSPS) is 18.4. The lowest BCUT2D eigenvalue weighted by molar-refractivity contribution is -0.137. The molecule has 2 aromatic rings. The number of fused-ring (bicyclic) bond motifs is 1. The third kappa shape index (κ3) is 6.33. The number of benzene rings is 2. The van der Waals surface area contributed by atoms with E-state index in [9.17, 15) is 22.8 Å². The summed E-state index contributed by atoms with van der Waals surface area (Å²) in [7, 11) is 0. The summed E-state index contributed by atoms with van der Waals surface area (Å²) >= 11 is 0. The minimum atomic E-state index is -4.37. The smallest absolute Gasteiger partial charge is 0.412 e. The van der Waals surface area contributed by atoms with E-state index in [4.69, 9.17) is 4.74 Å². The van der Waals surface area contributed by atoms with Crippen LogP contribution >= 0.6 is 0 Å². The molecule has 1 atom stereocenters. The summed E-state index contributed by atoms with van der Waals surface area (Å²) in [5.74, 6) is 0.202. The number of nitrogens with zero attached hydrogens (tertiary/aromatic N) is 3. The number of rotatable bonds is 9. The van der Waals surface area contributed by atoms with Gasteiger partial charge in [0.2, 0.25) is 5.91 Å². The van der Waals surface area contributed by atoms with Crippen molar-refractivity contribution in [3.05, 3.63) is 71.5 Å². The van der Waals surface area contributed by atoms with Crippen molar-refractivity contribution in [1.29, 1.82) is 0 Å². The van der Waals surface area contributed by atoms with Crippen LogP contribution in [0.1, 0.15) is 37.8 Å². The molecule has 0 bridgehead atoms. The first kappa shape index (κ1) is 26.7. The molecular weight excluding hydrogens is 483 g/mol. The Hall–Kier alpha value is -3.33. The first-order valence-corrected chi connectivity index (χ1v) is 12.7. The molecule has 0 spiro atoms. The van der Waals surface area contributed by atoms with Gasteiger partial charge in [-0.25, -0.2) is 4.79 Å². The van der Waals surface area contributed by atoms with Crippen LogP contribution in [-0.4, -0.2) is 65.5 Å². The zero-order valence-electron chi connectivity index (χ0n) is 21.1. The summed E-state index contributed by atoms with van der Waals surface area (Å²) in [6.07, 6.45) is -1.63. The van der Waals surface area contributed by atoms with Gasteiger partial charge in [0, 0.05) is 32.3 Å². The van der Waals surface area contributed by atoms with Crippen molar-refractivity contribution in [2.75, 3.05) is 32.7 Å². The highest BCUT2D eigenvalue weighted by molar-refractivity contribution is 5.89. The van der Waals surface area contributed by atoms with E-state index in [2.05, 4.69) is 18.7 Å². The van der Waals surface area contributed by atoms with Crippen molar-refractivity contribution in [2.24, 2.45) is 0 Å². The number of cyclic esters (lactones) is 1. The van der Waals surface area contributed by atoms with Gasteiger partial charge >= 0.3 is 12.3 Å². The van der Waals surface area contributed by atoms with Crippen LogP contribution in [0.25, 0.3) is 11.1 Å². The van der Waals surface area contributed by atoms with Crippen LogP contribution in [-0.2, 0) is 22.3 Å². The third-order valence-corrected chi connectivity index (χ3v) is 7.05. The molecule has 0 saturated carbocycles. The average Bonchev–Trinajstić information content (AvgIpc) is 3.48. The van der Waals surface area contributed by atoms with E-state index in [1.165, 1.54) is 18.2 Å². The fraction of sp³-hybridized carbons (Fsp3) is 0.429. The second-order valence-electron chi connectivity index (χ2n) is 9.32. The number of ether oxygens (including phenoxy) is 1. The van der Waals surface area contributed by atoms with E-state index in [1.54, 1.807) is 9.80 Å². The Morgan fingerprint density at radius 1 is 1.03 bits per heavy atom. The maximum Gasteiger partial charge on any atom is 0.416 e. The Bertz CT molecular complexity index is 1130. The Morgan fingerprint density at radius 2 is 1.65 bits per heavy atom. The highest BCUT2D eigenvalue weighted by atomic mass is 19.4. The maximum absolute atomic E-state index is 13.3. The van der Waals surface area contributed by atoms with Crippen LogP contribution in [0.5, 0.6) is 0 Å². The van der Waals surface area contributed by atoms with Crippen LogP contribution in [0.4, 0.5) is 18.0 Å². The van der Waals surface area contributed by atoms with Gasteiger partial charge < -0.3 is 14.5 Å². The summed E-state index contributed by atoms with van der Waals surface area (Å²) in [6, 6.07) is 12.4. The van der Waals surface area contributed by atoms with Crippen LogP contribution in [0, 0.1) is 0 Å². The number of hydrogen-bond donors (Lipinski definition) is 0. The first-order chi connectivity index (χ1) is 17.7. The van der Waals surface area contributed by atoms with Gasteiger partial charge in [0.05, 0.1) is 11.6 Å². The van der Waals surface area contributed by atoms with E-state index in [0.717, 1.165) is 49.2 Å². The molecule has 2 aromatic carbocycles. The van der Waals surface area contributed by atoms with Crippen molar-refractivity contribution in [3.8, 4) is 11.1 Å². The van der Waals surface area contributed by atoms with Crippen LogP contribution in [0.2, 0.25) is 0 Å². The number of hydrogen-bond acceptors (Lipinski definition) is 4. The topological polar surface area (TPSA) is 53.1 Å². The molecule has 4 rings (SSSR count). The minimum absolute atomic E-state index is 0.163. The quantitative estimate of drug-likeness (QED) is 0.412. The maximum atomic E-state index is 13.3. The van der Waals surface area contributed by atoms with E-state index in [-0.39, 0.29) is 11.9 Å². The molecule has 0 N–H and O–H groups in total. The van der Waals surface area contributed by atoms with Gasteiger partial charge in [-0.1, -0.05) is 50.2 Å². The largest absolute Gasteiger partial charge is 0.416 e. The first-order valence-electron chi connectivity index (χ1n) is 12.7. The number of amides is 2. The van der Waals surface area contributed by atoms with E-state index in [0.29, 0.717) is 37.5 Å². The Balaban J connectivity index is 1.49. The fourth-order valence-corrected chi connectivity index (χ4v) is 4.79. The fourth-order valence-electron chi connectivity index (χ4n) is 4.79. The van der Waals surface area contributed by atoms with Gasteiger partial charge in [0.25, 0.3) is 0 Å². The molecule has 2 amide bonds. The lowest BCUT2D eigenvalue weighted by Gasteiger charge is -2.26. The second kappa shape index (κ2) is 11.4. The molecule has 0 radical (unpaired) electrons. The van der Waals surface area contributed by atoms with E-state index in [1.807, 2.05) is 24.3 Å². The summed E-state index contributed by atoms with van der Waals surface area (Å²) in [5, 5.41) is 0. The molecule has 2 aliphatic rings. The predicted octanol–water partition coefficient (Wildman–Crippen LogP) is 5.54. The van der Waals surface area contributed by atoms with Crippen molar-refractivity contribution in [1.82, 2.24) is 14.7 Å². The Kier molecular flexibility index (Phi) is 8.22. The lowest BCUT2D eigenvalue weighted by atomic mass is 10.0. The summed E-state index contributed by atoms with van der Waals surface area (Å²) in [4.78, 5) is 31.0. The van der Waals surface area contributed by atoms with Gasteiger partial charge in [-0.3, -0.25) is 9.69 Å². The number of alkyl halides is 3. The van der Waals surface area contributed by atoms with Crippen LogP contribution in [0.15, 0.2) is 60.4 Å². The van der Waals surface area contributed by atoms with Gasteiger partial charge in [0.1, 0.15) is 5.76 Å². The Morgan fingerprint density at radius 3 is 2.24 bits per heavy atom. The number of likely N-dealkylation sites (N-methyl/N-ethyl adjacent to an activating group) is 1. The monoisotopic (exact) mass is 515 g/mol. The molecule has 0 aliphatic carbocycles. The van der Waals surface area contributed by atoms with Gasteiger partial charge in [-0.2, -0.15) is 13.2 Å². The van der Waals surface area contributed by atoms with Gasteiger partial charge in [0.15, 0.2) is 0 Å². The van der Waals surface area contributed by atoms with Crippen molar-refractivity contribution in [3.63, 3.8) is 0 Å². The number of carbonyl (C=O) groups excluding carboxylic acids is 2. The van der Waals surface area contributed by atoms with E-state index >= 15 is 0 Å². The van der Waals surface area contributed by atoms with Crippen molar-refractivity contribution in [2.45, 2.75) is 45.5 Å². The summed E-state index contributed by atoms with van der Waals surface area (Å²) in [5.41, 5.74) is 1.69.